The van der Waals surface area contributed by atoms with Crippen molar-refractivity contribution in [3.63, 3.8) is 0 Å². The number of rotatable bonds is 25. The predicted molar refractivity (Wildman–Crippen MR) is 277 cm³/mol. The molecular formula is C59H88O16. The van der Waals surface area contributed by atoms with E-state index in [-0.39, 0.29) is 131 Å². The monoisotopic (exact) mass is 1050 g/mol. The SMILES string of the molecule is CCC(C)(C)C(=O)OC1CC(C)C=C2C=CC(C)C(CCC3CC(OC(=O)COCCOCCOCCOC(=O)OC4CC(=O)OC(CCC5C(C)C=CC6=CC(C)CC(OC(=O)C(C)(C)CC)C65)C4)CC(=O)O3)C21. The lowest BCUT2D eigenvalue weighted by atomic mass is 9.65. The van der Waals surface area contributed by atoms with Crippen molar-refractivity contribution in [1.82, 2.24) is 0 Å². The minimum Gasteiger partial charge on any atom is -0.462 e. The number of cyclic esters (lactones) is 2. The average molecular weight is 1050 g/mol. The van der Waals surface area contributed by atoms with Gasteiger partial charge in [-0.3, -0.25) is 19.2 Å². The standard InChI is InChI=1S/C59H88O16/c1-11-58(7,8)55(63)74-48-29-36(3)27-40-15-13-38(5)46(53(40)48)19-17-42-31-44(33-50(60)70-42)72-52(62)35-68-24-23-66-21-22-67-25-26-69-57(65)73-45-32-43(71-51(61)34-45)18-20-47-39(6)14-16-41-28-37(4)30-49(54(41)47)75-56(64)59(9,10)12-2/h13-16,27-28,36-39,42-49,53-54H,11-12,17-26,29-35H2,1-10H3. The highest BCUT2D eigenvalue weighted by Gasteiger charge is 2.46. The first-order valence-corrected chi connectivity index (χ1v) is 28.0. The van der Waals surface area contributed by atoms with Gasteiger partial charge in [-0.15, -0.1) is 0 Å². The number of hydrogen-bond acceptors (Lipinski definition) is 16. The average Bonchev–Trinajstić information content (AvgIpc) is 3.34. The molecule has 0 N–H and O–H groups in total. The molecule has 16 nitrogen and oxygen atoms in total. The van der Waals surface area contributed by atoms with Crippen molar-refractivity contribution in [3.05, 3.63) is 47.6 Å². The van der Waals surface area contributed by atoms with E-state index in [1.807, 2.05) is 41.5 Å². The van der Waals surface area contributed by atoms with E-state index in [0.29, 0.717) is 38.5 Å². The van der Waals surface area contributed by atoms with Gasteiger partial charge in [-0.2, -0.15) is 0 Å². The molecule has 6 aliphatic rings. The predicted octanol–water partition coefficient (Wildman–Crippen LogP) is 9.95. The first-order chi connectivity index (χ1) is 35.7. The van der Waals surface area contributed by atoms with E-state index in [4.69, 9.17) is 47.4 Å². The van der Waals surface area contributed by atoms with Crippen molar-refractivity contribution >= 4 is 36.0 Å². The molecule has 0 amide bonds. The third-order valence-corrected chi connectivity index (χ3v) is 16.6. The molecule has 14 unspecified atom stereocenters. The van der Waals surface area contributed by atoms with Crippen molar-refractivity contribution in [2.75, 3.05) is 46.2 Å². The van der Waals surface area contributed by atoms with Crippen LogP contribution in [0.1, 0.15) is 146 Å². The minimum absolute atomic E-state index is 0.0180. The summed E-state index contributed by atoms with van der Waals surface area (Å²) >= 11 is 0. The van der Waals surface area contributed by atoms with Crippen LogP contribution >= 0.6 is 0 Å². The molecule has 2 fully saturated rings. The third-order valence-electron chi connectivity index (χ3n) is 16.6. The second-order valence-electron chi connectivity index (χ2n) is 23.4. The van der Waals surface area contributed by atoms with Gasteiger partial charge in [-0.05, 0) is 126 Å². The summed E-state index contributed by atoms with van der Waals surface area (Å²) in [6.07, 6.45) is 16.2. The number of esters is 5. The van der Waals surface area contributed by atoms with E-state index < -0.39 is 59.3 Å². The molecule has 0 bridgehead atoms. The van der Waals surface area contributed by atoms with E-state index >= 15 is 0 Å². The summed E-state index contributed by atoms with van der Waals surface area (Å²) in [7, 11) is 0. The van der Waals surface area contributed by atoms with Gasteiger partial charge in [0.25, 0.3) is 0 Å². The Morgan fingerprint density at radius 1 is 0.560 bits per heavy atom. The number of carbonyl (C=O) groups is 6. The van der Waals surface area contributed by atoms with Gasteiger partial charge >= 0.3 is 36.0 Å². The third kappa shape index (κ3) is 17.2. The van der Waals surface area contributed by atoms with Crippen molar-refractivity contribution in [2.45, 2.75) is 183 Å². The maximum Gasteiger partial charge on any atom is 0.508 e. The van der Waals surface area contributed by atoms with Crippen LogP contribution in [-0.2, 0) is 71.3 Å². The van der Waals surface area contributed by atoms with E-state index in [2.05, 4.69) is 64.2 Å². The molecular weight excluding hydrogens is 965 g/mol. The molecule has 75 heavy (non-hydrogen) atoms. The number of carbonyl (C=O) groups excluding carboxylic acids is 6. The second kappa shape index (κ2) is 27.7. The first kappa shape index (κ1) is 59.7. The summed E-state index contributed by atoms with van der Waals surface area (Å²) in [6, 6.07) is 0. The maximum absolute atomic E-state index is 13.2. The zero-order chi connectivity index (χ0) is 54.5. The lowest BCUT2D eigenvalue weighted by Gasteiger charge is -2.44. The Labute approximate surface area is 445 Å². The van der Waals surface area contributed by atoms with Gasteiger partial charge in [-0.25, -0.2) is 9.59 Å². The fraction of sp³-hybridized carbons (Fsp3) is 0.763. The molecule has 2 heterocycles. The van der Waals surface area contributed by atoms with Crippen LogP contribution in [0.4, 0.5) is 4.79 Å². The summed E-state index contributed by atoms with van der Waals surface area (Å²) in [4.78, 5) is 77.0. The molecule has 6 rings (SSSR count). The van der Waals surface area contributed by atoms with Gasteiger partial charge in [0.1, 0.15) is 49.8 Å². The van der Waals surface area contributed by atoms with Gasteiger partial charge in [-0.1, -0.05) is 78.0 Å². The highest BCUT2D eigenvalue weighted by molar-refractivity contribution is 5.77. The van der Waals surface area contributed by atoms with E-state index in [9.17, 15) is 28.8 Å². The molecule has 0 saturated carbocycles. The fourth-order valence-electron chi connectivity index (χ4n) is 11.5. The molecule has 0 aromatic heterocycles. The van der Waals surface area contributed by atoms with Crippen LogP contribution in [0.25, 0.3) is 0 Å². The molecule has 4 aliphatic carbocycles. The first-order valence-electron chi connectivity index (χ1n) is 28.0. The van der Waals surface area contributed by atoms with E-state index in [1.165, 1.54) is 11.1 Å². The molecule has 0 aromatic rings. The molecule has 0 radical (unpaired) electrons. The van der Waals surface area contributed by atoms with Crippen molar-refractivity contribution in [1.29, 1.82) is 0 Å². The fourth-order valence-corrected chi connectivity index (χ4v) is 11.5. The Morgan fingerprint density at radius 3 is 1.44 bits per heavy atom. The number of hydrogen-bond donors (Lipinski definition) is 0. The smallest absolute Gasteiger partial charge is 0.462 e. The molecule has 0 spiro atoms. The van der Waals surface area contributed by atoms with Gasteiger partial charge in [0.05, 0.1) is 56.7 Å². The molecule has 420 valence electrons. The molecule has 2 aliphatic heterocycles. The lowest BCUT2D eigenvalue weighted by Crippen LogP contribution is -2.43. The summed E-state index contributed by atoms with van der Waals surface area (Å²) < 4.78 is 56.9. The van der Waals surface area contributed by atoms with Crippen LogP contribution in [-0.4, -0.2) is 119 Å². The van der Waals surface area contributed by atoms with Gasteiger partial charge < -0.3 is 47.4 Å². The highest BCUT2D eigenvalue weighted by atomic mass is 16.7. The van der Waals surface area contributed by atoms with Crippen LogP contribution in [0.2, 0.25) is 0 Å². The van der Waals surface area contributed by atoms with Crippen LogP contribution in [0, 0.1) is 58.2 Å². The summed E-state index contributed by atoms with van der Waals surface area (Å²) in [5.41, 5.74) is 1.27. The summed E-state index contributed by atoms with van der Waals surface area (Å²) in [5, 5.41) is 0. The Morgan fingerprint density at radius 2 is 0.987 bits per heavy atom. The van der Waals surface area contributed by atoms with Gasteiger partial charge in [0.15, 0.2) is 0 Å². The van der Waals surface area contributed by atoms with Gasteiger partial charge in [0, 0.05) is 24.7 Å². The van der Waals surface area contributed by atoms with Crippen molar-refractivity contribution < 1.29 is 76.1 Å². The minimum atomic E-state index is -0.886. The van der Waals surface area contributed by atoms with Crippen molar-refractivity contribution in [2.24, 2.45) is 58.2 Å². The van der Waals surface area contributed by atoms with E-state index in [1.54, 1.807) is 0 Å². The Bertz CT molecular complexity index is 1940. The van der Waals surface area contributed by atoms with Crippen LogP contribution in [0.15, 0.2) is 47.6 Å². The Balaban J connectivity index is 0.814. The Hall–Kier alpha value is -4.54. The van der Waals surface area contributed by atoms with Gasteiger partial charge in [0.2, 0.25) is 0 Å². The number of fused-ring (bicyclic) bond motifs is 2. The topological polar surface area (TPSA) is 195 Å². The maximum atomic E-state index is 13.2. The lowest BCUT2D eigenvalue weighted by molar-refractivity contribution is -0.173. The summed E-state index contributed by atoms with van der Waals surface area (Å²) in [5.74, 6) is -0.246. The zero-order valence-electron chi connectivity index (χ0n) is 46.5. The second-order valence-corrected chi connectivity index (χ2v) is 23.4. The van der Waals surface area contributed by atoms with E-state index in [0.717, 1.165) is 25.7 Å². The van der Waals surface area contributed by atoms with Crippen LogP contribution in [0.5, 0.6) is 0 Å². The Kier molecular flexibility index (Phi) is 22.0. The largest absolute Gasteiger partial charge is 0.508 e. The summed E-state index contributed by atoms with van der Waals surface area (Å²) in [6.45, 7) is 20.9. The normalized spacial score (nSPS) is 31.6. The number of ether oxygens (including phenoxy) is 10. The highest BCUT2D eigenvalue weighted by Crippen LogP contribution is 2.48. The zero-order valence-corrected chi connectivity index (χ0v) is 46.5. The van der Waals surface area contributed by atoms with Crippen molar-refractivity contribution in [3.8, 4) is 0 Å². The molecule has 0 aromatic carbocycles. The quantitative estimate of drug-likeness (QED) is 0.0476. The van der Waals surface area contributed by atoms with Crippen LogP contribution in [0.3, 0.4) is 0 Å². The van der Waals surface area contributed by atoms with Crippen LogP contribution < -0.4 is 0 Å². The molecule has 16 heteroatoms. The molecule has 14 atom stereocenters. The number of allylic oxidation sites excluding steroid dienone is 6. The molecule has 2 saturated heterocycles.